The average molecular weight is 369 g/mol. The van der Waals surface area contributed by atoms with Gasteiger partial charge in [-0.05, 0) is 31.7 Å². The van der Waals surface area contributed by atoms with Crippen LogP contribution in [-0.4, -0.2) is 58.0 Å². The number of rotatable bonds is 5. The second-order valence-electron chi connectivity index (χ2n) is 7.01. The normalized spacial score (nSPS) is 17.6. The summed E-state index contributed by atoms with van der Waals surface area (Å²) in [6.45, 7) is 1.32. The molecule has 3 heterocycles. The minimum absolute atomic E-state index is 0.118. The molecular weight excluding hydrogens is 346 g/mol. The van der Waals surface area contributed by atoms with Crippen LogP contribution in [0.15, 0.2) is 35.4 Å². The van der Waals surface area contributed by atoms with E-state index in [9.17, 15) is 9.59 Å². The fraction of sp³-hybridized carbons (Fsp3) is 0.474. The van der Waals surface area contributed by atoms with Crippen molar-refractivity contribution in [2.24, 2.45) is 0 Å². The van der Waals surface area contributed by atoms with E-state index in [1.807, 2.05) is 11.0 Å². The number of piperidine rings is 1. The van der Waals surface area contributed by atoms with Crippen LogP contribution in [0.3, 0.4) is 0 Å². The van der Waals surface area contributed by atoms with Gasteiger partial charge in [0.05, 0.1) is 7.11 Å². The first-order chi connectivity index (χ1) is 13.2. The third kappa shape index (κ3) is 3.79. The molecule has 4 rings (SSSR count). The summed E-state index contributed by atoms with van der Waals surface area (Å²) in [7, 11) is 1.60. The van der Waals surface area contributed by atoms with Crippen LogP contribution in [0.1, 0.15) is 36.2 Å². The molecule has 142 valence electrons. The van der Waals surface area contributed by atoms with Gasteiger partial charge in [0.2, 0.25) is 11.4 Å². The number of nitrogens with one attached hydrogen (secondary N) is 1. The minimum Gasteiger partial charge on any atom is -0.481 e. The van der Waals surface area contributed by atoms with Gasteiger partial charge in [-0.1, -0.05) is 6.07 Å². The molecule has 0 radical (unpaired) electrons. The SMILES string of the molecule is COc1cc(N(C2CC2)C2CCN(C(=O)c3cccc(=O)[nH]3)CC2)ncn1. The average Bonchev–Trinajstić information content (AvgIpc) is 3.53. The monoisotopic (exact) mass is 369 g/mol. The van der Waals surface area contributed by atoms with Crippen LogP contribution in [0.25, 0.3) is 0 Å². The van der Waals surface area contributed by atoms with Crippen LogP contribution < -0.4 is 15.2 Å². The molecule has 1 saturated heterocycles. The van der Waals surface area contributed by atoms with Gasteiger partial charge >= 0.3 is 0 Å². The van der Waals surface area contributed by atoms with Gasteiger partial charge in [0.15, 0.2) is 0 Å². The molecule has 8 nitrogen and oxygen atoms in total. The number of carbonyl (C=O) groups is 1. The van der Waals surface area contributed by atoms with E-state index in [4.69, 9.17) is 4.74 Å². The molecule has 1 amide bonds. The maximum absolute atomic E-state index is 12.6. The molecule has 1 aliphatic carbocycles. The van der Waals surface area contributed by atoms with Gasteiger partial charge in [0.25, 0.3) is 5.91 Å². The molecule has 27 heavy (non-hydrogen) atoms. The first-order valence-electron chi connectivity index (χ1n) is 9.28. The van der Waals surface area contributed by atoms with Crippen molar-refractivity contribution in [2.45, 2.75) is 37.8 Å². The first-order valence-corrected chi connectivity index (χ1v) is 9.28. The Morgan fingerprint density at radius 3 is 2.59 bits per heavy atom. The zero-order chi connectivity index (χ0) is 18.8. The molecule has 2 aromatic heterocycles. The molecule has 8 heteroatoms. The Morgan fingerprint density at radius 2 is 1.93 bits per heavy atom. The van der Waals surface area contributed by atoms with Gasteiger partial charge in [0.1, 0.15) is 17.8 Å². The van der Waals surface area contributed by atoms with Gasteiger partial charge in [-0.3, -0.25) is 9.59 Å². The highest BCUT2D eigenvalue weighted by molar-refractivity contribution is 5.92. The molecule has 0 spiro atoms. The van der Waals surface area contributed by atoms with Crippen molar-refractivity contribution in [3.63, 3.8) is 0 Å². The molecule has 2 aromatic rings. The molecular formula is C19H23N5O3. The van der Waals surface area contributed by atoms with Gasteiger partial charge in [0, 0.05) is 37.3 Å². The Bertz CT molecular complexity index is 871. The zero-order valence-electron chi connectivity index (χ0n) is 15.3. The summed E-state index contributed by atoms with van der Waals surface area (Å²) in [5.74, 6) is 1.33. The number of hydrogen-bond donors (Lipinski definition) is 1. The standard InChI is InChI=1S/C19H23N5O3/c1-27-18-11-16(20-12-21-18)24(13-5-6-13)14-7-9-23(10-8-14)19(26)15-3-2-4-17(25)22-15/h2-4,11-14H,5-10H2,1H3,(H,22,25). The van der Waals surface area contributed by atoms with Crippen LogP contribution in [0, 0.1) is 0 Å². The second-order valence-corrected chi connectivity index (χ2v) is 7.01. The van der Waals surface area contributed by atoms with E-state index in [0.29, 0.717) is 36.7 Å². The molecule has 2 aliphatic rings. The number of methoxy groups -OCH3 is 1. The zero-order valence-corrected chi connectivity index (χ0v) is 15.3. The maximum Gasteiger partial charge on any atom is 0.270 e. The lowest BCUT2D eigenvalue weighted by Gasteiger charge is -2.39. The summed E-state index contributed by atoms with van der Waals surface area (Å²) in [4.78, 5) is 39.4. The molecule has 0 atom stereocenters. The van der Waals surface area contributed by atoms with E-state index < -0.39 is 0 Å². The van der Waals surface area contributed by atoms with Crippen LogP contribution in [-0.2, 0) is 0 Å². The number of aromatic nitrogens is 3. The lowest BCUT2D eigenvalue weighted by Crippen LogP contribution is -2.48. The minimum atomic E-state index is -0.256. The number of aromatic amines is 1. The quantitative estimate of drug-likeness (QED) is 0.858. The molecule has 1 aliphatic heterocycles. The van der Waals surface area contributed by atoms with Crippen molar-refractivity contribution in [1.82, 2.24) is 19.9 Å². The number of carbonyl (C=O) groups excluding carboxylic acids is 1. The highest BCUT2D eigenvalue weighted by Crippen LogP contribution is 2.36. The summed E-state index contributed by atoms with van der Waals surface area (Å²) < 4.78 is 5.24. The first kappa shape index (κ1) is 17.5. The Balaban J connectivity index is 1.45. The van der Waals surface area contributed by atoms with Gasteiger partial charge < -0.3 is 19.5 Å². The summed E-state index contributed by atoms with van der Waals surface area (Å²) >= 11 is 0. The smallest absolute Gasteiger partial charge is 0.270 e. The van der Waals surface area contributed by atoms with E-state index >= 15 is 0 Å². The fourth-order valence-corrected chi connectivity index (χ4v) is 3.70. The van der Waals surface area contributed by atoms with Crippen LogP contribution >= 0.6 is 0 Å². The van der Waals surface area contributed by atoms with E-state index in [2.05, 4.69) is 19.9 Å². The van der Waals surface area contributed by atoms with E-state index in [-0.39, 0.29) is 11.5 Å². The lowest BCUT2D eigenvalue weighted by atomic mass is 10.0. The van der Waals surface area contributed by atoms with Crippen molar-refractivity contribution in [3.05, 3.63) is 46.6 Å². The van der Waals surface area contributed by atoms with Crippen LogP contribution in [0.2, 0.25) is 0 Å². The van der Waals surface area contributed by atoms with Gasteiger partial charge in [-0.25, -0.2) is 9.97 Å². The third-order valence-electron chi connectivity index (χ3n) is 5.19. The summed E-state index contributed by atoms with van der Waals surface area (Å²) in [5, 5.41) is 0. The van der Waals surface area contributed by atoms with E-state index in [0.717, 1.165) is 31.5 Å². The Kier molecular flexibility index (Phi) is 4.79. The summed E-state index contributed by atoms with van der Waals surface area (Å²) in [6.07, 6.45) is 5.60. The summed E-state index contributed by atoms with van der Waals surface area (Å²) in [5.41, 5.74) is 0.0916. The van der Waals surface area contributed by atoms with Crippen molar-refractivity contribution >= 4 is 11.7 Å². The number of hydrogen-bond acceptors (Lipinski definition) is 6. The van der Waals surface area contributed by atoms with Crippen molar-refractivity contribution in [3.8, 4) is 5.88 Å². The third-order valence-corrected chi connectivity index (χ3v) is 5.19. The van der Waals surface area contributed by atoms with Crippen molar-refractivity contribution in [2.75, 3.05) is 25.1 Å². The summed E-state index contributed by atoms with van der Waals surface area (Å²) in [6, 6.07) is 7.38. The van der Waals surface area contributed by atoms with Crippen LogP contribution in [0.4, 0.5) is 5.82 Å². The highest BCUT2D eigenvalue weighted by Gasteiger charge is 2.37. The molecule has 0 unspecified atom stereocenters. The maximum atomic E-state index is 12.6. The number of nitrogens with zero attached hydrogens (tertiary/aromatic N) is 4. The predicted octanol–water partition coefficient (Wildman–Crippen LogP) is 1.45. The number of ether oxygens (including phenoxy) is 1. The Hall–Kier alpha value is -2.90. The molecule has 0 bridgehead atoms. The number of H-pyrrole nitrogens is 1. The predicted molar refractivity (Wildman–Crippen MR) is 100 cm³/mol. The van der Waals surface area contributed by atoms with E-state index in [1.165, 1.54) is 12.4 Å². The van der Waals surface area contributed by atoms with E-state index in [1.54, 1.807) is 19.2 Å². The van der Waals surface area contributed by atoms with Crippen molar-refractivity contribution in [1.29, 1.82) is 0 Å². The lowest BCUT2D eigenvalue weighted by molar-refractivity contribution is 0.0705. The topological polar surface area (TPSA) is 91.4 Å². The molecule has 1 saturated carbocycles. The van der Waals surface area contributed by atoms with Crippen LogP contribution in [0.5, 0.6) is 5.88 Å². The largest absolute Gasteiger partial charge is 0.481 e. The number of amides is 1. The number of pyridine rings is 1. The van der Waals surface area contributed by atoms with Crippen molar-refractivity contribution < 1.29 is 9.53 Å². The number of likely N-dealkylation sites (tertiary alicyclic amines) is 1. The van der Waals surface area contributed by atoms with Gasteiger partial charge in [-0.2, -0.15) is 0 Å². The molecule has 1 N–H and O–H groups in total. The van der Waals surface area contributed by atoms with Gasteiger partial charge in [-0.15, -0.1) is 0 Å². The molecule has 2 fully saturated rings. The second kappa shape index (κ2) is 7.38. The highest BCUT2D eigenvalue weighted by atomic mass is 16.5. The Labute approximate surface area is 157 Å². The molecule has 0 aromatic carbocycles. The Morgan fingerprint density at radius 1 is 1.19 bits per heavy atom. The number of anilines is 1. The fourth-order valence-electron chi connectivity index (χ4n) is 3.70.